The molecule has 0 unspecified atom stereocenters. The number of hydrogen-bond donors (Lipinski definition) is 0. The molecule has 0 saturated heterocycles. The van der Waals surface area contributed by atoms with Crippen molar-refractivity contribution in [2.24, 2.45) is 0 Å². The zero-order valence-electron chi connectivity index (χ0n) is 18.8. The van der Waals surface area contributed by atoms with Gasteiger partial charge in [0, 0.05) is 33.9 Å². The van der Waals surface area contributed by atoms with Crippen molar-refractivity contribution in [3.63, 3.8) is 0 Å². The van der Waals surface area contributed by atoms with Crippen LogP contribution in [0.5, 0.6) is 5.75 Å². The maximum Gasteiger partial charge on any atom is 0.310 e. The second-order valence-corrected chi connectivity index (χ2v) is 9.47. The van der Waals surface area contributed by atoms with Gasteiger partial charge >= 0.3 is 5.97 Å². The van der Waals surface area contributed by atoms with Crippen LogP contribution in [0.4, 0.5) is 0 Å². The van der Waals surface area contributed by atoms with Crippen molar-refractivity contribution in [3.05, 3.63) is 100 Å². The van der Waals surface area contributed by atoms with E-state index < -0.39 is 0 Å². The summed E-state index contributed by atoms with van der Waals surface area (Å²) in [4.78, 5) is 12.3. The van der Waals surface area contributed by atoms with Crippen LogP contribution in [0.1, 0.15) is 23.6 Å². The van der Waals surface area contributed by atoms with Crippen LogP contribution < -0.4 is 4.74 Å². The largest absolute Gasteiger partial charge is 0.489 e. The van der Waals surface area contributed by atoms with E-state index in [1.807, 2.05) is 61.5 Å². The lowest BCUT2D eigenvalue weighted by molar-refractivity contribution is -0.142. The van der Waals surface area contributed by atoms with Crippen molar-refractivity contribution >= 4 is 49.9 Å². The number of ether oxygens (including phenoxy) is 2. The Balaban J connectivity index is 1.51. The van der Waals surface area contributed by atoms with Crippen molar-refractivity contribution in [3.8, 4) is 5.75 Å². The number of hydrogen-bond acceptors (Lipinski definition) is 4. The molecule has 172 valence electrons. The fraction of sp³-hybridized carbons (Fsp3) is 0.179. The maximum absolute atomic E-state index is 12.3. The second-order valence-electron chi connectivity index (χ2n) is 8.12. The molecule has 5 rings (SSSR count). The van der Waals surface area contributed by atoms with Crippen LogP contribution in [0, 0.1) is 0 Å². The van der Waals surface area contributed by atoms with Gasteiger partial charge in [-0.1, -0.05) is 41.9 Å². The molecule has 0 amide bonds. The Labute approximate surface area is 207 Å². The van der Waals surface area contributed by atoms with Gasteiger partial charge in [-0.2, -0.15) is 0 Å². The topological polar surface area (TPSA) is 40.5 Å². The van der Waals surface area contributed by atoms with Crippen LogP contribution in [0.25, 0.3) is 21.0 Å². The van der Waals surface area contributed by atoms with Crippen LogP contribution in [0.3, 0.4) is 0 Å². The molecule has 0 spiro atoms. The molecule has 4 nitrogen and oxygen atoms in total. The normalized spacial score (nSPS) is 11.2. The summed E-state index contributed by atoms with van der Waals surface area (Å²) in [7, 11) is 0. The number of halogens is 1. The van der Waals surface area contributed by atoms with E-state index in [0.717, 1.165) is 38.2 Å². The lowest BCUT2D eigenvalue weighted by atomic mass is 10.1. The molecule has 34 heavy (non-hydrogen) atoms. The number of esters is 1. The van der Waals surface area contributed by atoms with E-state index in [9.17, 15) is 4.79 Å². The molecule has 0 radical (unpaired) electrons. The summed E-state index contributed by atoms with van der Waals surface area (Å²) in [5.74, 6) is 0.565. The zero-order valence-corrected chi connectivity index (χ0v) is 20.4. The van der Waals surface area contributed by atoms with Crippen molar-refractivity contribution < 1.29 is 14.3 Å². The molecular weight excluding hydrogens is 466 g/mol. The van der Waals surface area contributed by atoms with E-state index in [4.69, 9.17) is 21.1 Å². The molecule has 5 aromatic rings. The lowest BCUT2D eigenvalue weighted by Gasteiger charge is -2.09. The Morgan fingerprint density at radius 2 is 1.85 bits per heavy atom. The van der Waals surface area contributed by atoms with Gasteiger partial charge in [0.25, 0.3) is 0 Å². The highest BCUT2D eigenvalue weighted by molar-refractivity contribution is 7.17. The molecular formula is C28H24ClNO3S. The van der Waals surface area contributed by atoms with E-state index in [0.29, 0.717) is 19.8 Å². The summed E-state index contributed by atoms with van der Waals surface area (Å²) >= 11 is 7.98. The van der Waals surface area contributed by atoms with Gasteiger partial charge < -0.3 is 14.0 Å². The Hall–Kier alpha value is -3.28. The number of rotatable bonds is 8. The summed E-state index contributed by atoms with van der Waals surface area (Å²) in [6.45, 7) is 3.36. The first kappa shape index (κ1) is 22.5. The molecule has 0 saturated carbocycles. The van der Waals surface area contributed by atoms with Gasteiger partial charge in [-0.05, 0) is 64.7 Å². The van der Waals surface area contributed by atoms with Gasteiger partial charge in [0.15, 0.2) is 0 Å². The molecule has 3 aromatic carbocycles. The molecule has 0 bridgehead atoms. The van der Waals surface area contributed by atoms with E-state index >= 15 is 0 Å². The number of carbonyl (C=O) groups excluding carboxylic acids is 1. The van der Waals surface area contributed by atoms with E-state index in [1.54, 1.807) is 11.3 Å². The summed E-state index contributed by atoms with van der Waals surface area (Å²) in [6, 6.07) is 22.1. The standard InChI is InChI=1S/C28H24ClNO3S/c1-2-32-28(31)12-20-15-30(16-21-18-34-27-11-8-22(29)13-25(21)27)26-14-23(9-10-24(20)26)33-17-19-6-4-3-5-7-19/h3-11,13-15,18H,2,12,16-17H2,1H3. The highest BCUT2D eigenvalue weighted by atomic mass is 35.5. The summed E-state index contributed by atoms with van der Waals surface area (Å²) in [6.07, 6.45) is 2.29. The number of benzene rings is 3. The van der Waals surface area contributed by atoms with Crippen LogP contribution >= 0.6 is 22.9 Å². The zero-order chi connectivity index (χ0) is 23.5. The molecule has 0 aliphatic heterocycles. The van der Waals surface area contributed by atoms with Crippen molar-refractivity contribution in [2.45, 2.75) is 26.5 Å². The third kappa shape index (κ3) is 4.81. The Bertz CT molecular complexity index is 1460. The predicted octanol–water partition coefficient (Wildman–Crippen LogP) is 7.24. The van der Waals surface area contributed by atoms with Crippen molar-refractivity contribution in [2.75, 3.05) is 6.61 Å². The maximum atomic E-state index is 12.3. The van der Waals surface area contributed by atoms with Gasteiger partial charge in [0.05, 0.1) is 18.5 Å². The average Bonchev–Trinajstić information content (AvgIpc) is 3.39. The minimum Gasteiger partial charge on any atom is -0.489 e. The van der Waals surface area contributed by atoms with Crippen LogP contribution in [0.2, 0.25) is 5.02 Å². The SMILES string of the molecule is CCOC(=O)Cc1cn(Cc2csc3ccc(Cl)cc23)c2cc(OCc3ccccc3)ccc12. The molecule has 0 aliphatic carbocycles. The molecule has 0 fully saturated rings. The number of fused-ring (bicyclic) bond motifs is 2. The van der Waals surface area contributed by atoms with Gasteiger partial charge in [-0.3, -0.25) is 4.79 Å². The lowest BCUT2D eigenvalue weighted by Crippen LogP contribution is -2.07. The molecule has 0 aliphatic rings. The number of aromatic nitrogens is 1. The fourth-order valence-corrected chi connectivity index (χ4v) is 5.28. The Morgan fingerprint density at radius 1 is 1.00 bits per heavy atom. The third-order valence-electron chi connectivity index (χ3n) is 5.78. The number of nitrogens with zero attached hydrogens (tertiary/aromatic N) is 1. The van der Waals surface area contributed by atoms with E-state index in [-0.39, 0.29) is 12.4 Å². The van der Waals surface area contributed by atoms with Gasteiger partial charge in [-0.25, -0.2) is 0 Å². The van der Waals surface area contributed by atoms with Crippen molar-refractivity contribution in [1.82, 2.24) is 4.57 Å². The molecule has 0 atom stereocenters. The van der Waals surface area contributed by atoms with Crippen molar-refractivity contribution in [1.29, 1.82) is 0 Å². The third-order valence-corrected chi connectivity index (χ3v) is 7.03. The minimum absolute atomic E-state index is 0.223. The molecule has 2 aromatic heterocycles. The number of thiophene rings is 1. The predicted molar refractivity (Wildman–Crippen MR) is 139 cm³/mol. The smallest absolute Gasteiger partial charge is 0.310 e. The van der Waals surface area contributed by atoms with Crippen LogP contribution in [-0.2, 0) is 29.1 Å². The Morgan fingerprint density at radius 3 is 2.68 bits per heavy atom. The fourth-order valence-electron chi connectivity index (χ4n) is 4.18. The first-order valence-electron chi connectivity index (χ1n) is 11.2. The second kappa shape index (κ2) is 9.92. The van der Waals surface area contributed by atoms with Crippen LogP contribution in [0.15, 0.2) is 78.3 Å². The summed E-state index contributed by atoms with van der Waals surface area (Å²) < 4.78 is 14.7. The minimum atomic E-state index is -0.223. The highest BCUT2D eigenvalue weighted by Crippen LogP contribution is 2.32. The van der Waals surface area contributed by atoms with Gasteiger partial charge in [0.1, 0.15) is 12.4 Å². The molecule has 2 heterocycles. The van der Waals surface area contributed by atoms with Gasteiger partial charge in [-0.15, -0.1) is 11.3 Å². The summed E-state index contributed by atoms with van der Waals surface area (Å²) in [5.41, 5.74) is 4.27. The molecule has 6 heteroatoms. The van der Waals surface area contributed by atoms with Crippen LogP contribution in [-0.4, -0.2) is 17.1 Å². The average molecular weight is 490 g/mol. The first-order valence-corrected chi connectivity index (χ1v) is 12.5. The Kier molecular flexibility index (Phi) is 6.57. The first-order chi connectivity index (χ1) is 16.6. The van der Waals surface area contributed by atoms with E-state index in [2.05, 4.69) is 28.3 Å². The monoisotopic (exact) mass is 489 g/mol. The molecule has 0 N–H and O–H groups in total. The highest BCUT2D eigenvalue weighted by Gasteiger charge is 2.15. The number of carbonyl (C=O) groups is 1. The summed E-state index contributed by atoms with van der Waals surface area (Å²) in [5, 5.41) is 5.08. The van der Waals surface area contributed by atoms with E-state index in [1.165, 1.54) is 10.3 Å². The quantitative estimate of drug-likeness (QED) is 0.216. The van der Waals surface area contributed by atoms with Gasteiger partial charge in [0.2, 0.25) is 0 Å².